The summed E-state index contributed by atoms with van der Waals surface area (Å²) in [7, 11) is -0.437. The molecule has 5 atom stereocenters. The van der Waals surface area contributed by atoms with E-state index in [0.717, 1.165) is 53.9 Å². The van der Waals surface area contributed by atoms with Crippen molar-refractivity contribution in [3.63, 3.8) is 0 Å². The van der Waals surface area contributed by atoms with Crippen LogP contribution in [-0.4, -0.2) is 102 Å². The summed E-state index contributed by atoms with van der Waals surface area (Å²) in [6.45, 7) is 16.5. The van der Waals surface area contributed by atoms with Gasteiger partial charge in [0.2, 0.25) is 27.7 Å². The molecule has 14 nitrogen and oxygen atoms in total. The van der Waals surface area contributed by atoms with Crippen LogP contribution in [-0.2, 0) is 29.2 Å². The van der Waals surface area contributed by atoms with Crippen LogP contribution in [0.25, 0.3) is 21.6 Å². The van der Waals surface area contributed by atoms with E-state index in [1.807, 2.05) is 70.3 Å². The monoisotopic (exact) mass is 894 g/mol. The predicted molar refractivity (Wildman–Crippen MR) is 244 cm³/mol. The lowest BCUT2D eigenvalue weighted by Gasteiger charge is -2.28. The van der Waals surface area contributed by atoms with Gasteiger partial charge in [-0.25, -0.2) is 18.4 Å². The number of aromatic nitrogens is 2. The lowest BCUT2D eigenvalue weighted by molar-refractivity contribution is -0.142. The fourth-order valence-corrected chi connectivity index (χ4v) is 10.1. The molecule has 0 bridgehead atoms. The largest absolute Gasteiger partial charge is 0.496 e. The van der Waals surface area contributed by atoms with Gasteiger partial charge in [-0.05, 0) is 70.4 Å². The van der Waals surface area contributed by atoms with Crippen LogP contribution >= 0.6 is 11.3 Å². The Morgan fingerprint density at radius 3 is 2.44 bits per heavy atom. The van der Waals surface area contributed by atoms with E-state index in [1.54, 1.807) is 30.9 Å². The highest BCUT2D eigenvalue weighted by Gasteiger charge is 2.62. The maximum absolute atomic E-state index is 14.3. The minimum atomic E-state index is -3.84. The molecule has 3 aromatic rings. The Balaban J connectivity index is 0.000000735. The molecule has 340 valence electrons. The van der Waals surface area contributed by atoms with Crippen LogP contribution in [0, 0.1) is 18.8 Å². The number of carbonyl (C=O) groups excluding carboxylic acids is 4. The van der Waals surface area contributed by atoms with Crippen LogP contribution in [0.15, 0.2) is 35.7 Å². The summed E-state index contributed by atoms with van der Waals surface area (Å²) in [5.74, 6) is -0.408. The molecule has 1 aromatic carbocycles. The second kappa shape index (κ2) is 20.7. The molecule has 4 heterocycles. The zero-order valence-corrected chi connectivity index (χ0v) is 39.7. The minimum Gasteiger partial charge on any atom is -0.496 e. The molecule has 1 saturated heterocycles. The number of pyridine rings is 1. The Kier molecular flexibility index (Phi) is 16.2. The van der Waals surface area contributed by atoms with E-state index in [-0.39, 0.29) is 49.0 Å². The van der Waals surface area contributed by atoms with Crippen LogP contribution in [0.3, 0.4) is 0 Å². The highest BCUT2D eigenvalue weighted by Crippen LogP contribution is 2.46. The summed E-state index contributed by atoms with van der Waals surface area (Å²) in [6.07, 6.45) is 9.12. The van der Waals surface area contributed by atoms with E-state index in [4.69, 9.17) is 19.4 Å². The first-order valence-corrected chi connectivity index (χ1v) is 24.6. The number of methoxy groups -OCH3 is 1. The van der Waals surface area contributed by atoms with E-state index in [1.165, 1.54) is 11.3 Å². The average Bonchev–Trinajstić information content (AvgIpc) is 4.13. The Hall–Kier alpha value is -4.57. The van der Waals surface area contributed by atoms with Crippen molar-refractivity contribution >= 4 is 55.9 Å². The molecule has 4 aliphatic rings. The number of thiazole rings is 1. The lowest BCUT2D eigenvalue weighted by atomic mass is 10.0. The molecule has 2 aliphatic heterocycles. The minimum absolute atomic E-state index is 0.127. The van der Waals surface area contributed by atoms with Gasteiger partial charge in [-0.2, -0.15) is 0 Å². The quantitative estimate of drug-likeness (QED) is 0.207. The third kappa shape index (κ3) is 11.1. The van der Waals surface area contributed by atoms with Crippen molar-refractivity contribution < 1.29 is 37.1 Å². The maximum atomic E-state index is 14.3. The van der Waals surface area contributed by atoms with Gasteiger partial charge in [0.1, 0.15) is 39.9 Å². The Labute approximate surface area is 371 Å². The van der Waals surface area contributed by atoms with Crippen LogP contribution in [0.1, 0.15) is 123 Å². The lowest BCUT2D eigenvalue weighted by Crippen LogP contribution is -2.57. The van der Waals surface area contributed by atoms with Gasteiger partial charge in [0, 0.05) is 61.2 Å². The van der Waals surface area contributed by atoms with Crippen molar-refractivity contribution in [3.8, 4) is 22.2 Å². The summed E-state index contributed by atoms with van der Waals surface area (Å²) in [6, 6.07) is 4.73. The molecule has 2 aliphatic carbocycles. The van der Waals surface area contributed by atoms with Crippen molar-refractivity contribution in [3.05, 3.63) is 47.0 Å². The second-order valence-electron chi connectivity index (χ2n) is 17.0. The number of hydrogen-bond donors (Lipinski definition) is 2. The highest BCUT2D eigenvalue weighted by atomic mass is 32.2. The summed E-state index contributed by atoms with van der Waals surface area (Å²) in [5.41, 5.74) is 1.76. The SMILES string of the molecule is CC.CCN(C)C(C)=O.COc1ccc2c(O[C@@H]3CC4C(=O)N[C@]5(C(=O)NS(=O)(=O)C6CC6)CC5/C=C\CCCCC[C@H](C)C(=O)N4C3)cc(-c3nc(C(C)C)cs3)nc2c1C. The predicted octanol–water partition coefficient (Wildman–Crippen LogP) is 7.30. The normalized spacial score (nSPS) is 24.4. The molecule has 2 unspecified atom stereocenters. The number of carbonyl (C=O) groups is 4. The summed E-state index contributed by atoms with van der Waals surface area (Å²) in [5, 5.41) is 5.92. The topological polar surface area (TPSA) is 177 Å². The second-order valence-corrected chi connectivity index (χ2v) is 19.8. The summed E-state index contributed by atoms with van der Waals surface area (Å²) < 4.78 is 40.3. The van der Waals surface area contributed by atoms with Gasteiger partial charge in [0.05, 0.1) is 30.1 Å². The zero-order valence-electron chi connectivity index (χ0n) is 38.1. The molecule has 7 rings (SSSR count). The van der Waals surface area contributed by atoms with Gasteiger partial charge in [0.25, 0.3) is 5.91 Å². The molecule has 62 heavy (non-hydrogen) atoms. The Bertz CT molecular complexity index is 2240. The van der Waals surface area contributed by atoms with Gasteiger partial charge in [0.15, 0.2) is 0 Å². The number of ether oxygens (including phenoxy) is 2. The molecular weight excluding hydrogens is 829 g/mol. The van der Waals surface area contributed by atoms with Crippen LogP contribution in [0.4, 0.5) is 0 Å². The van der Waals surface area contributed by atoms with Crippen molar-refractivity contribution in [1.82, 2.24) is 29.8 Å². The number of rotatable bonds is 9. The molecule has 0 radical (unpaired) electrons. The molecule has 2 saturated carbocycles. The molecule has 2 aromatic heterocycles. The first-order chi connectivity index (χ1) is 29.5. The molecular formula is C46H66N6O8S2. The van der Waals surface area contributed by atoms with E-state index in [0.29, 0.717) is 42.0 Å². The van der Waals surface area contributed by atoms with Gasteiger partial charge >= 0.3 is 0 Å². The van der Waals surface area contributed by atoms with Gasteiger partial charge in [-0.1, -0.05) is 59.6 Å². The standard InChI is InChI=1S/C39H49N5O7S2.C5H11NO.C2H6/c1-22(2)30-21-52-36(41-30)29-18-33(28-15-16-32(50-5)24(4)34(28)40-29)51-26-17-31-35(45)42-39(38(47)43-53(48,49)27-13-14-27)19-25(39)12-10-8-6-7-9-11-23(3)37(46)44(31)20-26;1-4-6(3)5(2)7;1-2/h10,12,15-16,18,21-23,25-27,31H,6-9,11,13-14,17,19-20H2,1-5H3,(H,42,45)(H,43,47);4H2,1-3H3;1-2H3/b12-10-;;/t23-,25?,26+,31?,39+;;/m0../s1. The van der Waals surface area contributed by atoms with Crippen LogP contribution < -0.4 is 19.5 Å². The smallest absolute Gasteiger partial charge is 0.259 e. The number of hydrogen-bond acceptors (Lipinski definition) is 11. The number of nitrogens with zero attached hydrogens (tertiary/aromatic N) is 4. The molecule has 2 N–H and O–H groups in total. The maximum Gasteiger partial charge on any atom is 0.259 e. The average molecular weight is 895 g/mol. The first kappa shape index (κ1) is 48.5. The number of amides is 4. The van der Waals surface area contributed by atoms with Gasteiger partial charge < -0.3 is 24.6 Å². The third-order valence-corrected chi connectivity index (χ3v) is 14.8. The number of sulfonamides is 1. The fraction of sp³-hybridized carbons (Fsp3) is 0.609. The van der Waals surface area contributed by atoms with Crippen LogP contribution in [0.2, 0.25) is 0 Å². The first-order valence-electron chi connectivity index (χ1n) is 22.2. The Morgan fingerprint density at radius 2 is 1.82 bits per heavy atom. The summed E-state index contributed by atoms with van der Waals surface area (Å²) >= 11 is 1.51. The number of fused-ring (bicyclic) bond motifs is 3. The summed E-state index contributed by atoms with van der Waals surface area (Å²) in [4.78, 5) is 65.5. The van der Waals surface area contributed by atoms with Crippen molar-refractivity contribution in [2.24, 2.45) is 11.8 Å². The van der Waals surface area contributed by atoms with Gasteiger partial charge in [-0.3, -0.25) is 23.9 Å². The number of aryl methyl sites for hydroxylation is 1. The van der Waals surface area contributed by atoms with Crippen molar-refractivity contribution in [2.75, 3.05) is 27.2 Å². The van der Waals surface area contributed by atoms with Crippen molar-refractivity contribution in [1.29, 1.82) is 0 Å². The molecule has 0 spiro atoms. The van der Waals surface area contributed by atoms with Crippen molar-refractivity contribution in [2.45, 2.75) is 142 Å². The van der Waals surface area contributed by atoms with Gasteiger partial charge in [-0.15, -0.1) is 11.3 Å². The highest BCUT2D eigenvalue weighted by molar-refractivity contribution is 7.91. The third-order valence-electron chi connectivity index (χ3n) is 12.1. The number of benzene rings is 1. The fourth-order valence-electron chi connectivity index (χ4n) is 7.78. The Morgan fingerprint density at radius 1 is 1.10 bits per heavy atom. The van der Waals surface area contributed by atoms with E-state index < -0.39 is 44.8 Å². The zero-order chi connectivity index (χ0) is 45.5. The molecule has 16 heteroatoms. The van der Waals surface area contributed by atoms with E-state index in [2.05, 4.69) is 23.9 Å². The van der Waals surface area contributed by atoms with E-state index in [9.17, 15) is 27.6 Å². The van der Waals surface area contributed by atoms with Crippen LogP contribution in [0.5, 0.6) is 11.5 Å². The van der Waals surface area contributed by atoms with E-state index >= 15 is 0 Å². The molecule has 3 fully saturated rings. The number of nitrogens with one attached hydrogen (secondary N) is 2. The number of allylic oxidation sites excluding steroid dienone is 1. The molecule has 4 amide bonds.